The van der Waals surface area contributed by atoms with Gasteiger partial charge in [-0.1, -0.05) is 15.9 Å². The van der Waals surface area contributed by atoms with Gasteiger partial charge in [0.05, 0.1) is 0 Å². The van der Waals surface area contributed by atoms with Gasteiger partial charge in [0.2, 0.25) is 0 Å². The number of hydrogen-bond acceptors (Lipinski definition) is 0. The topological polar surface area (TPSA) is 0 Å². The van der Waals surface area contributed by atoms with E-state index >= 15 is 0 Å². The van der Waals surface area contributed by atoms with Gasteiger partial charge < -0.3 is 0 Å². The van der Waals surface area contributed by atoms with Crippen LogP contribution in [0.5, 0.6) is 0 Å². The molecule has 0 atom stereocenters. The first-order valence-electron chi connectivity index (χ1n) is 2.96. The largest absolute Gasteiger partial charge is 0.207 e. The zero-order valence-electron chi connectivity index (χ0n) is 5.52. The first-order chi connectivity index (χ1) is 5.24. The molecule has 0 heterocycles. The summed E-state index contributed by atoms with van der Waals surface area (Å²) in [4.78, 5) is 1.15. The van der Waals surface area contributed by atoms with Crippen LogP contribution < -0.4 is 0 Å². The van der Waals surface area contributed by atoms with Crippen molar-refractivity contribution in [3.05, 3.63) is 40.6 Å². The maximum Gasteiger partial charge on any atom is 0.137 e. The molecule has 0 nitrogen and oxygen atoms in total. The molecule has 1 aromatic rings. The van der Waals surface area contributed by atoms with Crippen molar-refractivity contribution in [1.82, 2.24) is 0 Å². The molecule has 0 aliphatic carbocycles. The molecule has 0 radical (unpaired) electrons. The monoisotopic (exact) mass is 218 g/mol. The van der Waals surface area contributed by atoms with Crippen molar-refractivity contribution < 1.29 is 8.78 Å². The average Bonchev–Trinajstić information content (AvgIpc) is 2.05. The van der Waals surface area contributed by atoms with Gasteiger partial charge in [0.25, 0.3) is 0 Å². The Hall–Kier alpha value is -0.700. The summed E-state index contributed by atoms with van der Waals surface area (Å²) < 4.78 is 25.0. The fourth-order valence-electron chi connectivity index (χ4n) is 0.672. The minimum absolute atomic E-state index is 0.364. The summed E-state index contributed by atoms with van der Waals surface area (Å²) in [5.41, 5.74) is 0.364. The predicted molar refractivity (Wildman–Crippen MR) is 44.4 cm³/mol. The van der Waals surface area contributed by atoms with E-state index in [-0.39, 0.29) is 5.82 Å². The highest BCUT2D eigenvalue weighted by Gasteiger charge is 1.97. The van der Waals surface area contributed by atoms with Crippen LogP contribution in [0.3, 0.4) is 0 Å². The molecule has 0 unspecified atom stereocenters. The first kappa shape index (κ1) is 8.40. The molecular formula is C8H5BrF2. The fourth-order valence-corrected chi connectivity index (χ4v) is 0.936. The Morgan fingerprint density at radius 3 is 2.27 bits per heavy atom. The summed E-state index contributed by atoms with van der Waals surface area (Å²) in [6.07, 6.45) is 0. The molecule has 0 saturated heterocycles. The summed E-state index contributed by atoms with van der Waals surface area (Å²) in [5, 5.41) is 0. The van der Waals surface area contributed by atoms with E-state index in [0.29, 0.717) is 5.56 Å². The number of hydrogen-bond donors (Lipinski definition) is 0. The third-order valence-corrected chi connectivity index (χ3v) is 1.62. The zero-order chi connectivity index (χ0) is 8.27. The highest BCUT2D eigenvalue weighted by Crippen LogP contribution is 2.17. The Morgan fingerprint density at radius 1 is 1.27 bits per heavy atom. The third-order valence-electron chi connectivity index (χ3n) is 1.22. The molecule has 0 aromatic heterocycles. The van der Waals surface area contributed by atoms with Gasteiger partial charge in [0.1, 0.15) is 11.6 Å². The molecule has 0 bridgehead atoms. The van der Waals surface area contributed by atoms with E-state index in [1.54, 1.807) is 0 Å². The standard InChI is InChI=1S/C8H5BrF2/c9-5-8(11)6-1-3-7(10)4-2-6/h1-5H/b8-5-. The van der Waals surface area contributed by atoms with Crippen LogP contribution >= 0.6 is 15.9 Å². The summed E-state index contributed by atoms with van der Waals surface area (Å²) >= 11 is 2.84. The molecule has 0 spiro atoms. The normalized spacial score (nSPS) is 11.7. The quantitative estimate of drug-likeness (QED) is 0.678. The lowest BCUT2D eigenvalue weighted by molar-refractivity contribution is 0.627. The van der Waals surface area contributed by atoms with Crippen molar-refractivity contribution in [3.63, 3.8) is 0 Å². The van der Waals surface area contributed by atoms with Crippen molar-refractivity contribution in [2.75, 3.05) is 0 Å². The van der Waals surface area contributed by atoms with E-state index in [4.69, 9.17) is 0 Å². The second-order valence-electron chi connectivity index (χ2n) is 1.96. The second-order valence-corrected chi connectivity index (χ2v) is 2.42. The zero-order valence-corrected chi connectivity index (χ0v) is 7.11. The second kappa shape index (κ2) is 3.62. The van der Waals surface area contributed by atoms with Gasteiger partial charge in [-0.05, 0) is 24.3 Å². The van der Waals surface area contributed by atoms with Gasteiger partial charge in [-0.3, -0.25) is 0 Å². The SMILES string of the molecule is F/C(=C\Br)c1ccc(F)cc1. The molecule has 0 aliphatic rings. The van der Waals surface area contributed by atoms with Gasteiger partial charge in [-0.25, -0.2) is 8.78 Å². The van der Waals surface area contributed by atoms with Crippen molar-refractivity contribution in [3.8, 4) is 0 Å². The number of benzene rings is 1. The molecular weight excluding hydrogens is 214 g/mol. The molecule has 0 fully saturated rings. The minimum Gasteiger partial charge on any atom is -0.207 e. The number of halogens is 3. The average molecular weight is 219 g/mol. The van der Waals surface area contributed by atoms with E-state index in [9.17, 15) is 8.78 Å². The van der Waals surface area contributed by atoms with Crippen LogP contribution in [0.1, 0.15) is 5.56 Å². The lowest BCUT2D eigenvalue weighted by Gasteiger charge is -1.94. The first-order valence-corrected chi connectivity index (χ1v) is 3.87. The van der Waals surface area contributed by atoms with Crippen LogP contribution in [0.15, 0.2) is 29.3 Å². The fraction of sp³-hybridized carbons (Fsp3) is 0. The predicted octanol–water partition coefficient (Wildman–Crippen LogP) is 3.49. The van der Waals surface area contributed by atoms with E-state index in [2.05, 4.69) is 15.9 Å². The molecule has 58 valence electrons. The Morgan fingerprint density at radius 2 is 1.82 bits per heavy atom. The van der Waals surface area contributed by atoms with Crippen LogP contribution in [0.25, 0.3) is 5.83 Å². The van der Waals surface area contributed by atoms with E-state index in [0.717, 1.165) is 4.99 Å². The molecule has 11 heavy (non-hydrogen) atoms. The highest BCUT2D eigenvalue weighted by atomic mass is 79.9. The van der Waals surface area contributed by atoms with Crippen molar-refractivity contribution in [1.29, 1.82) is 0 Å². The molecule has 0 N–H and O–H groups in total. The third kappa shape index (κ3) is 2.12. The van der Waals surface area contributed by atoms with Crippen LogP contribution in [-0.4, -0.2) is 0 Å². The molecule has 0 saturated carbocycles. The Kier molecular flexibility index (Phi) is 2.76. The van der Waals surface area contributed by atoms with Crippen LogP contribution in [-0.2, 0) is 0 Å². The van der Waals surface area contributed by atoms with E-state index in [1.165, 1.54) is 24.3 Å². The summed E-state index contributed by atoms with van der Waals surface area (Å²) in [7, 11) is 0. The van der Waals surface area contributed by atoms with Gasteiger partial charge in [0.15, 0.2) is 0 Å². The molecule has 0 amide bonds. The van der Waals surface area contributed by atoms with Crippen molar-refractivity contribution in [2.24, 2.45) is 0 Å². The lowest BCUT2D eigenvalue weighted by Crippen LogP contribution is -1.77. The maximum atomic E-state index is 12.7. The highest BCUT2D eigenvalue weighted by molar-refractivity contribution is 9.11. The maximum absolute atomic E-state index is 12.7. The lowest BCUT2D eigenvalue weighted by atomic mass is 10.2. The van der Waals surface area contributed by atoms with Crippen molar-refractivity contribution in [2.45, 2.75) is 0 Å². The van der Waals surface area contributed by atoms with Crippen LogP contribution in [0.4, 0.5) is 8.78 Å². The Balaban J connectivity index is 2.99. The van der Waals surface area contributed by atoms with Gasteiger partial charge in [-0.2, -0.15) is 0 Å². The Labute approximate surface area is 71.7 Å². The van der Waals surface area contributed by atoms with Gasteiger partial charge in [-0.15, -0.1) is 0 Å². The summed E-state index contributed by atoms with van der Waals surface area (Å²) in [5.74, 6) is -0.777. The van der Waals surface area contributed by atoms with Crippen molar-refractivity contribution >= 4 is 21.8 Å². The van der Waals surface area contributed by atoms with E-state index in [1.807, 2.05) is 0 Å². The van der Waals surface area contributed by atoms with Crippen LogP contribution in [0.2, 0.25) is 0 Å². The minimum atomic E-state index is -0.412. The summed E-state index contributed by atoms with van der Waals surface area (Å²) in [6, 6.07) is 5.18. The summed E-state index contributed by atoms with van der Waals surface area (Å²) in [6.45, 7) is 0. The smallest absolute Gasteiger partial charge is 0.137 e. The van der Waals surface area contributed by atoms with Crippen LogP contribution in [0, 0.1) is 5.82 Å². The molecule has 3 heteroatoms. The van der Waals surface area contributed by atoms with Gasteiger partial charge in [0, 0.05) is 10.5 Å². The van der Waals surface area contributed by atoms with E-state index < -0.39 is 5.83 Å². The number of rotatable bonds is 1. The Bertz CT molecular complexity index is 264. The molecule has 1 rings (SSSR count). The van der Waals surface area contributed by atoms with Gasteiger partial charge >= 0.3 is 0 Å². The molecule has 1 aromatic carbocycles. The molecule has 0 aliphatic heterocycles.